The number of nitrogens with one attached hydrogen (secondary N) is 1. The van der Waals surface area contributed by atoms with Crippen LogP contribution in [0.4, 0.5) is 0 Å². The van der Waals surface area contributed by atoms with Gasteiger partial charge in [-0.05, 0) is 44.5 Å². The highest BCUT2D eigenvalue weighted by molar-refractivity contribution is 9.10. The van der Waals surface area contributed by atoms with Gasteiger partial charge in [-0.1, -0.05) is 29.8 Å². The molecule has 114 valence electrons. The third kappa shape index (κ3) is 6.25. The molecular formula is C16H26BrNO2. The largest absolute Gasteiger partial charge is 0.491 e. The van der Waals surface area contributed by atoms with E-state index >= 15 is 0 Å². The van der Waals surface area contributed by atoms with Crippen LogP contribution >= 0.6 is 15.9 Å². The molecule has 0 radical (unpaired) electrons. The summed E-state index contributed by atoms with van der Waals surface area (Å²) in [5.41, 5.74) is 1.16. The lowest BCUT2D eigenvalue weighted by molar-refractivity contribution is 0.0921. The van der Waals surface area contributed by atoms with Crippen LogP contribution in [0.3, 0.4) is 0 Å². The van der Waals surface area contributed by atoms with Crippen molar-refractivity contribution < 1.29 is 9.47 Å². The van der Waals surface area contributed by atoms with Gasteiger partial charge in [0, 0.05) is 22.7 Å². The number of hydrogen-bond acceptors (Lipinski definition) is 3. The molecule has 0 aliphatic heterocycles. The molecular weight excluding hydrogens is 318 g/mol. The van der Waals surface area contributed by atoms with Crippen molar-refractivity contribution in [2.24, 2.45) is 5.92 Å². The van der Waals surface area contributed by atoms with Gasteiger partial charge in [0.15, 0.2) is 0 Å². The van der Waals surface area contributed by atoms with Gasteiger partial charge < -0.3 is 14.8 Å². The zero-order chi connectivity index (χ0) is 15.0. The molecule has 3 nitrogen and oxygen atoms in total. The Morgan fingerprint density at radius 1 is 1.15 bits per heavy atom. The molecule has 20 heavy (non-hydrogen) atoms. The molecule has 0 saturated carbocycles. The lowest BCUT2D eigenvalue weighted by Gasteiger charge is -2.17. The highest BCUT2D eigenvalue weighted by Gasteiger charge is 2.10. The lowest BCUT2D eigenvalue weighted by Crippen LogP contribution is -2.15. The monoisotopic (exact) mass is 343 g/mol. The van der Waals surface area contributed by atoms with Gasteiger partial charge in [0.2, 0.25) is 0 Å². The molecule has 1 aromatic rings. The maximum atomic E-state index is 5.84. The number of hydrogen-bond donors (Lipinski definition) is 1. The summed E-state index contributed by atoms with van der Waals surface area (Å²) in [5.74, 6) is 1.60. The third-order valence-electron chi connectivity index (χ3n) is 3.20. The summed E-state index contributed by atoms with van der Waals surface area (Å²) in [6.07, 6.45) is 1.10. The van der Waals surface area contributed by atoms with E-state index in [2.05, 4.69) is 48.1 Å². The van der Waals surface area contributed by atoms with Crippen LogP contribution in [-0.4, -0.2) is 26.9 Å². The second-order valence-electron chi connectivity index (χ2n) is 5.34. The minimum absolute atomic E-state index is 0.254. The van der Waals surface area contributed by atoms with Crippen LogP contribution < -0.4 is 10.1 Å². The quantitative estimate of drug-likeness (QED) is 0.682. The first kappa shape index (κ1) is 17.5. The van der Waals surface area contributed by atoms with Gasteiger partial charge in [0.25, 0.3) is 0 Å². The average Bonchev–Trinajstić information content (AvgIpc) is 2.42. The van der Waals surface area contributed by atoms with Gasteiger partial charge >= 0.3 is 0 Å². The van der Waals surface area contributed by atoms with Crippen molar-refractivity contribution in [1.82, 2.24) is 5.32 Å². The second kappa shape index (κ2) is 9.37. The van der Waals surface area contributed by atoms with E-state index in [0.717, 1.165) is 28.8 Å². The van der Waals surface area contributed by atoms with Crippen LogP contribution in [0.5, 0.6) is 5.75 Å². The van der Waals surface area contributed by atoms with Crippen LogP contribution in [0.25, 0.3) is 0 Å². The Hall–Kier alpha value is -0.580. The molecule has 1 aromatic carbocycles. The Kier molecular flexibility index (Phi) is 8.19. The van der Waals surface area contributed by atoms with Crippen molar-refractivity contribution in [2.45, 2.75) is 33.2 Å². The molecule has 1 rings (SSSR count). The fourth-order valence-corrected chi connectivity index (χ4v) is 2.16. The summed E-state index contributed by atoms with van der Waals surface area (Å²) < 4.78 is 12.5. The molecule has 1 unspecified atom stereocenters. The van der Waals surface area contributed by atoms with Gasteiger partial charge in [0.05, 0.1) is 6.61 Å². The van der Waals surface area contributed by atoms with Crippen molar-refractivity contribution in [3.63, 3.8) is 0 Å². The number of benzene rings is 1. The fraction of sp³-hybridized carbons (Fsp3) is 0.625. The normalized spacial score (nSPS) is 12.7. The summed E-state index contributed by atoms with van der Waals surface area (Å²) in [6, 6.07) is 6.35. The SMILES string of the molecule is CNC(C)c1cc(Br)ccc1OCCOCCC(C)C. The third-order valence-corrected chi connectivity index (χ3v) is 3.69. The van der Waals surface area contributed by atoms with Crippen LogP contribution in [0.2, 0.25) is 0 Å². The standard InChI is InChI=1S/C16H26BrNO2/c1-12(2)7-8-19-9-10-20-16-6-5-14(17)11-15(16)13(3)18-4/h5-6,11-13,18H,7-10H2,1-4H3. The molecule has 0 heterocycles. The molecule has 0 aliphatic rings. The zero-order valence-corrected chi connectivity index (χ0v) is 14.5. The summed E-state index contributed by atoms with van der Waals surface area (Å²) in [7, 11) is 1.95. The van der Waals surface area contributed by atoms with Gasteiger partial charge in [0.1, 0.15) is 12.4 Å². The molecule has 0 aliphatic carbocycles. The van der Waals surface area contributed by atoms with Crippen LogP contribution in [-0.2, 0) is 4.74 Å². The van der Waals surface area contributed by atoms with Crippen LogP contribution in [0.1, 0.15) is 38.8 Å². The molecule has 0 spiro atoms. The van der Waals surface area contributed by atoms with E-state index in [0.29, 0.717) is 19.1 Å². The highest BCUT2D eigenvalue weighted by atomic mass is 79.9. The first-order chi connectivity index (χ1) is 9.54. The predicted octanol–water partition coefficient (Wildman–Crippen LogP) is 4.17. The fourth-order valence-electron chi connectivity index (χ4n) is 1.78. The van der Waals surface area contributed by atoms with Crippen LogP contribution in [0.15, 0.2) is 22.7 Å². The summed E-state index contributed by atoms with van der Waals surface area (Å²) in [5, 5.41) is 3.24. The van der Waals surface area contributed by atoms with E-state index in [1.54, 1.807) is 0 Å². The van der Waals surface area contributed by atoms with Gasteiger partial charge in [-0.3, -0.25) is 0 Å². The van der Waals surface area contributed by atoms with E-state index in [1.807, 2.05) is 19.2 Å². The lowest BCUT2D eigenvalue weighted by atomic mass is 10.1. The van der Waals surface area contributed by atoms with E-state index in [4.69, 9.17) is 9.47 Å². The van der Waals surface area contributed by atoms with Crippen molar-refractivity contribution in [1.29, 1.82) is 0 Å². The minimum Gasteiger partial charge on any atom is -0.491 e. The Labute approximate surface area is 131 Å². The van der Waals surface area contributed by atoms with E-state index in [-0.39, 0.29) is 6.04 Å². The zero-order valence-electron chi connectivity index (χ0n) is 12.9. The molecule has 0 bridgehead atoms. The number of halogens is 1. The van der Waals surface area contributed by atoms with Gasteiger partial charge in [-0.25, -0.2) is 0 Å². The first-order valence-corrected chi connectivity index (χ1v) is 8.01. The average molecular weight is 344 g/mol. The topological polar surface area (TPSA) is 30.5 Å². The molecule has 0 fully saturated rings. The Morgan fingerprint density at radius 2 is 1.90 bits per heavy atom. The van der Waals surface area contributed by atoms with E-state index in [1.165, 1.54) is 0 Å². The molecule has 0 amide bonds. The summed E-state index contributed by atoms with van der Waals surface area (Å²) in [4.78, 5) is 0. The molecule has 4 heteroatoms. The molecule has 1 atom stereocenters. The summed E-state index contributed by atoms with van der Waals surface area (Å²) >= 11 is 3.50. The number of rotatable bonds is 9. The summed E-state index contributed by atoms with van der Waals surface area (Å²) in [6.45, 7) is 8.55. The van der Waals surface area contributed by atoms with Gasteiger partial charge in [-0.15, -0.1) is 0 Å². The molecule has 0 saturated heterocycles. The maximum absolute atomic E-state index is 5.84. The van der Waals surface area contributed by atoms with Crippen molar-refractivity contribution in [2.75, 3.05) is 26.9 Å². The van der Waals surface area contributed by atoms with Crippen molar-refractivity contribution >= 4 is 15.9 Å². The van der Waals surface area contributed by atoms with Crippen LogP contribution in [0, 0.1) is 5.92 Å². The second-order valence-corrected chi connectivity index (χ2v) is 6.25. The minimum atomic E-state index is 0.254. The van der Waals surface area contributed by atoms with E-state index in [9.17, 15) is 0 Å². The molecule has 1 N–H and O–H groups in total. The first-order valence-electron chi connectivity index (χ1n) is 7.21. The van der Waals surface area contributed by atoms with Gasteiger partial charge in [-0.2, -0.15) is 0 Å². The highest BCUT2D eigenvalue weighted by Crippen LogP contribution is 2.28. The number of ether oxygens (including phenoxy) is 2. The Morgan fingerprint density at radius 3 is 2.55 bits per heavy atom. The van der Waals surface area contributed by atoms with Crippen molar-refractivity contribution in [3.8, 4) is 5.75 Å². The Bertz CT molecular complexity index is 396. The maximum Gasteiger partial charge on any atom is 0.124 e. The van der Waals surface area contributed by atoms with E-state index < -0.39 is 0 Å². The smallest absolute Gasteiger partial charge is 0.124 e. The Balaban J connectivity index is 2.43. The molecule has 0 aromatic heterocycles. The van der Waals surface area contributed by atoms with Crippen molar-refractivity contribution in [3.05, 3.63) is 28.2 Å². The predicted molar refractivity (Wildman–Crippen MR) is 87.4 cm³/mol.